The fraction of sp³-hybridized carbons (Fsp3) is 0.500. The van der Waals surface area contributed by atoms with Crippen molar-refractivity contribution in [1.29, 1.82) is 0 Å². The molecule has 0 radical (unpaired) electrons. The van der Waals surface area contributed by atoms with Gasteiger partial charge in [-0.25, -0.2) is 8.42 Å². The molecule has 1 amide bonds. The van der Waals surface area contributed by atoms with Gasteiger partial charge in [-0.1, -0.05) is 19.1 Å². The Bertz CT molecular complexity index is 640. The zero-order chi connectivity index (χ0) is 16.9. The highest BCUT2D eigenvalue weighted by Crippen LogP contribution is 2.13. The summed E-state index contributed by atoms with van der Waals surface area (Å²) >= 11 is 0. The van der Waals surface area contributed by atoms with Gasteiger partial charge in [0.15, 0.2) is 9.84 Å². The Hall–Kier alpha value is -1.96. The second-order valence-electron chi connectivity index (χ2n) is 5.15. The van der Waals surface area contributed by atoms with Crippen LogP contribution in [-0.2, 0) is 21.1 Å². The number of sulfone groups is 1. The van der Waals surface area contributed by atoms with Crippen LogP contribution in [0.1, 0.15) is 19.4 Å². The first-order chi connectivity index (χ1) is 10.2. The van der Waals surface area contributed by atoms with Crippen molar-refractivity contribution in [3.05, 3.63) is 39.9 Å². The number of nitrogens with zero attached hydrogens (tertiary/aromatic N) is 2. The molecule has 0 saturated carbocycles. The van der Waals surface area contributed by atoms with E-state index in [1.165, 1.54) is 29.2 Å². The Balaban J connectivity index is 2.69. The Kier molecular flexibility index (Phi) is 6.04. The Morgan fingerprint density at radius 1 is 1.32 bits per heavy atom. The van der Waals surface area contributed by atoms with E-state index in [0.29, 0.717) is 5.56 Å². The smallest absolute Gasteiger partial charge is 0.269 e. The third-order valence-corrected chi connectivity index (χ3v) is 5.36. The number of rotatable bonds is 7. The maximum absolute atomic E-state index is 12.1. The molecule has 1 unspecified atom stereocenters. The summed E-state index contributed by atoms with van der Waals surface area (Å²) in [5, 5.41) is 10.6. The van der Waals surface area contributed by atoms with Crippen LogP contribution in [0, 0.1) is 10.1 Å². The summed E-state index contributed by atoms with van der Waals surface area (Å²) < 4.78 is 23.2. The number of carbonyl (C=O) groups excluding carboxylic acids is 1. The molecule has 0 aliphatic heterocycles. The van der Waals surface area contributed by atoms with Crippen LogP contribution in [0.25, 0.3) is 0 Å². The lowest BCUT2D eigenvalue weighted by Crippen LogP contribution is -2.40. The third-order valence-electron chi connectivity index (χ3n) is 3.49. The van der Waals surface area contributed by atoms with E-state index in [1.54, 1.807) is 20.9 Å². The highest BCUT2D eigenvalue weighted by atomic mass is 32.2. The van der Waals surface area contributed by atoms with Gasteiger partial charge < -0.3 is 4.90 Å². The van der Waals surface area contributed by atoms with Crippen molar-refractivity contribution in [2.45, 2.75) is 26.3 Å². The zero-order valence-electron chi connectivity index (χ0n) is 12.9. The molecule has 1 aromatic rings. The summed E-state index contributed by atoms with van der Waals surface area (Å²) in [5.74, 6) is -0.263. The maximum Gasteiger partial charge on any atom is 0.269 e. The van der Waals surface area contributed by atoms with E-state index < -0.39 is 20.8 Å². The van der Waals surface area contributed by atoms with Crippen molar-refractivity contribution < 1.29 is 18.1 Å². The van der Waals surface area contributed by atoms with Crippen LogP contribution < -0.4 is 0 Å². The number of non-ortho nitro benzene ring substituents is 1. The quantitative estimate of drug-likeness (QED) is 0.557. The van der Waals surface area contributed by atoms with Crippen molar-refractivity contribution in [2.75, 3.05) is 18.6 Å². The molecule has 0 bridgehead atoms. The van der Waals surface area contributed by atoms with Crippen LogP contribution in [0.3, 0.4) is 0 Å². The Morgan fingerprint density at radius 2 is 1.86 bits per heavy atom. The summed E-state index contributed by atoms with van der Waals surface area (Å²) in [4.78, 5) is 23.6. The first-order valence-corrected chi connectivity index (χ1v) is 8.68. The molecule has 0 aromatic heterocycles. The van der Waals surface area contributed by atoms with E-state index in [-0.39, 0.29) is 29.5 Å². The molecule has 22 heavy (non-hydrogen) atoms. The molecule has 0 aliphatic rings. The summed E-state index contributed by atoms with van der Waals surface area (Å²) in [7, 11) is -1.60. The highest BCUT2D eigenvalue weighted by Gasteiger charge is 2.21. The number of likely N-dealkylation sites (N-methyl/N-ethyl adjacent to an activating group) is 1. The van der Waals surface area contributed by atoms with E-state index in [1.807, 2.05) is 0 Å². The van der Waals surface area contributed by atoms with Gasteiger partial charge in [0.05, 0.1) is 17.1 Å². The molecule has 1 atom stereocenters. The lowest BCUT2D eigenvalue weighted by Gasteiger charge is -2.24. The van der Waals surface area contributed by atoms with Gasteiger partial charge in [-0.15, -0.1) is 0 Å². The molecule has 0 aliphatic carbocycles. The fourth-order valence-electron chi connectivity index (χ4n) is 1.88. The molecule has 7 nitrogen and oxygen atoms in total. The summed E-state index contributed by atoms with van der Waals surface area (Å²) in [6, 6.07) is 5.31. The lowest BCUT2D eigenvalue weighted by molar-refractivity contribution is -0.384. The molecular formula is C14H20N2O5S. The maximum atomic E-state index is 12.1. The number of hydrogen-bond acceptors (Lipinski definition) is 5. The second-order valence-corrected chi connectivity index (χ2v) is 7.55. The van der Waals surface area contributed by atoms with Crippen molar-refractivity contribution >= 4 is 21.4 Å². The molecule has 0 fully saturated rings. The minimum Gasteiger partial charge on any atom is -0.342 e. The average molecular weight is 328 g/mol. The minimum atomic E-state index is -3.15. The van der Waals surface area contributed by atoms with Crippen LogP contribution in [0.5, 0.6) is 0 Å². The monoisotopic (exact) mass is 328 g/mol. The fourth-order valence-corrected chi connectivity index (χ4v) is 3.07. The summed E-state index contributed by atoms with van der Waals surface area (Å²) in [5.41, 5.74) is 0.611. The number of hydrogen-bond donors (Lipinski definition) is 0. The van der Waals surface area contributed by atoms with Crippen LogP contribution in [-0.4, -0.2) is 48.7 Å². The predicted octanol–water partition coefficient (Wildman–Crippen LogP) is 1.42. The van der Waals surface area contributed by atoms with Gasteiger partial charge in [0.2, 0.25) is 5.91 Å². The molecule has 8 heteroatoms. The Morgan fingerprint density at radius 3 is 2.32 bits per heavy atom. The van der Waals surface area contributed by atoms with E-state index in [2.05, 4.69) is 0 Å². The number of benzene rings is 1. The lowest BCUT2D eigenvalue weighted by atomic mass is 10.1. The third kappa shape index (κ3) is 5.10. The number of carbonyl (C=O) groups is 1. The van der Waals surface area contributed by atoms with E-state index in [0.717, 1.165) is 0 Å². The molecule has 0 heterocycles. The predicted molar refractivity (Wildman–Crippen MR) is 83.4 cm³/mol. The van der Waals surface area contributed by atoms with Crippen molar-refractivity contribution in [1.82, 2.24) is 4.90 Å². The normalized spacial score (nSPS) is 12.7. The largest absolute Gasteiger partial charge is 0.342 e. The first-order valence-electron chi connectivity index (χ1n) is 6.85. The number of nitro groups is 1. The molecular weight excluding hydrogens is 308 g/mol. The van der Waals surface area contributed by atoms with Crippen LogP contribution in [0.4, 0.5) is 5.69 Å². The van der Waals surface area contributed by atoms with Crippen molar-refractivity contribution in [2.24, 2.45) is 0 Å². The van der Waals surface area contributed by atoms with E-state index >= 15 is 0 Å². The second kappa shape index (κ2) is 7.35. The SMILES string of the molecule is CCS(=O)(=O)CC(C)N(C)C(=O)Cc1ccc([N+](=O)[O-])cc1. The minimum absolute atomic E-state index is 0.0352. The van der Waals surface area contributed by atoms with E-state index in [4.69, 9.17) is 0 Å². The molecule has 1 rings (SSSR count). The van der Waals surface area contributed by atoms with Crippen molar-refractivity contribution in [3.63, 3.8) is 0 Å². The number of amides is 1. The van der Waals surface area contributed by atoms with Crippen molar-refractivity contribution in [3.8, 4) is 0 Å². The standard InChI is InChI=1S/C14H20N2O5S/c1-4-22(20,21)10-11(2)15(3)14(17)9-12-5-7-13(8-6-12)16(18)19/h5-8,11H,4,9-10H2,1-3H3. The van der Waals surface area contributed by atoms with Gasteiger partial charge >= 0.3 is 0 Å². The molecule has 1 aromatic carbocycles. The first kappa shape index (κ1) is 18.1. The van der Waals surface area contributed by atoms with Gasteiger partial charge in [0.25, 0.3) is 5.69 Å². The van der Waals surface area contributed by atoms with Gasteiger partial charge in [-0.3, -0.25) is 14.9 Å². The highest BCUT2D eigenvalue weighted by molar-refractivity contribution is 7.91. The average Bonchev–Trinajstić information content (AvgIpc) is 2.46. The topological polar surface area (TPSA) is 97.6 Å². The van der Waals surface area contributed by atoms with E-state index in [9.17, 15) is 23.3 Å². The molecule has 122 valence electrons. The molecule has 0 saturated heterocycles. The van der Waals surface area contributed by atoms with Gasteiger partial charge in [0.1, 0.15) is 0 Å². The van der Waals surface area contributed by atoms with Gasteiger partial charge in [-0.2, -0.15) is 0 Å². The van der Waals surface area contributed by atoms with Crippen LogP contribution >= 0.6 is 0 Å². The van der Waals surface area contributed by atoms with Gasteiger partial charge in [0, 0.05) is 31.0 Å². The van der Waals surface area contributed by atoms with Crippen LogP contribution in [0.2, 0.25) is 0 Å². The molecule has 0 spiro atoms. The van der Waals surface area contributed by atoms with Crippen LogP contribution in [0.15, 0.2) is 24.3 Å². The summed E-state index contributed by atoms with van der Waals surface area (Å²) in [6.07, 6.45) is 0.0744. The molecule has 0 N–H and O–H groups in total. The number of nitro benzene ring substituents is 1. The summed E-state index contributed by atoms with van der Waals surface area (Å²) in [6.45, 7) is 3.25. The van der Waals surface area contributed by atoms with Gasteiger partial charge in [-0.05, 0) is 12.5 Å². The Labute approximate surface area is 130 Å². The zero-order valence-corrected chi connectivity index (χ0v) is 13.7.